The molecule has 0 unspecified atom stereocenters. The van der Waals surface area contributed by atoms with Gasteiger partial charge in [0.25, 0.3) is 0 Å². The van der Waals surface area contributed by atoms with Crippen molar-refractivity contribution in [2.24, 2.45) is 0 Å². The van der Waals surface area contributed by atoms with E-state index in [1.54, 1.807) is 12.1 Å². The van der Waals surface area contributed by atoms with Gasteiger partial charge in [0.2, 0.25) is 10.9 Å². The highest BCUT2D eigenvalue weighted by Crippen LogP contribution is 2.38. The molecule has 0 fully saturated rings. The van der Waals surface area contributed by atoms with Crippen LogP contribution in [0.3, 0.4) is 0 Å². The van der Waals surface area contributed by atoms with E-state index >= 15 is 0 Å². The van der Waals surface area contributed by atoms with E-state index in [4.69, 9.17) is 16.3 Å². The standard InChI is InChI=1S/C23H16ClF3N2O5S/c1-33-22(30)10-14-2-4-16(5-3-14)29(35(31)32)17-6-9-21(15(11-17)13-28)34-18-7-8-20(24)19(12-18)23(25,26)27/h2-9,11-12,35H,10H2,1H3. The van der Waals surface area contributed by atoms with Crippen LogP contribution in [0.15, 0.2) is 60.7 Å². The third kappa shape index (κ3) is 6.23. The molecule has 0 amide bonds. The third-order valence-corrected chi connectivity index (χ3v) is 5.84. The zero-order valence-corrected chi connectivity index (χ0v) is 19.5. The van der Waals surface area contributed by atoms with E-state index in [0.29, 0.717) is 11.6 Å². The summed E-state index contributed by atoms with van der Waals surface area (Å²) in [6.45, 7) is 0. The number of carbonyl (C=O) groups excluding carboxylic acids is 1. The topological polar surface area (TPSA) is 96.7 Å². The minimum atomic E-state index is -4.70. The zero-order valence-electron chi connectivity index (χ0n) is 17.9. The van der Waals surface area contributed by atoms with Gasteiger partial charge in [-0.2, -0.15) is 18.4 Å². The van der Waals surface area contributed by atoms with Crippen LogP contribution in [0.25, 0.3) is 0 Å². The second-order valence-electron chi connectivity index (χ2n) is 7.00. The van der Waals surface area contributed by atoms with Gasteiger partial charge in [-0.25, -0.2) is 12.7 Å². The Morgan fingerprint density at radius 1 is 1.06 bits per heavy atom. The van der Waals surface area contributed by atoms with E-state index in [2.05, 4.69) is 4.74 Å². The van der Waals surface area contributed by atoms with E-state index in [1.807, 2.05) is 6.07 Å². The average Bonchev–Trinajstić information content (AvgIpc) is 2.81. The Morgan fingerprint density at radius 3 is 2.29 bits per heavy atom. The molecule has 182 valence electrons. The Bertz CT molecular complexity index is 1360. The number of nitrogens with zero attached hydrogens (tertiary/aromatic N) is 2. The van der Waals surface area contributed by atoms with Crippen molar-refractivity contribution in [1.29, 1.82) is 5.26 Å². The van der Waals surface area contributed by atoms with Crippen LogP contribution in [0, 0.1) is 11.3 Å². The van der Waals surface area contributed by atoms with Crippen molar-refractivity contribution in [3.8, 4) is 17.6 Å². The van der Waals surface area contributed by atoms with Crippen molar-refractivity contribution in [3.05, 3.63) is 82.4 Å². The molecule has 0 aliphatic carbocycles. The van der Waals surface area contributed by atoms with Crippen molar-refractivity contribution < 1.29 is 35.9 Å². The van der Waals surface area contributed by atoms with E-state index in [-0.39, 0.29) is 34.9 Å². The number of hydrogen-bond donors (Lipinski definition) is 1. The summed E-state index contributed by atoms with van der Waals surface area (Å²) >= 11 is 5.61. The number of esters is 1. The minimum Gasteiger partial charge on any atom is -0.469 e. The Balaban J connectivity index is 1.93. The Hall–Kier alpha value is -3.75. The molecule has 3 aromatic carbocycles. The number of hydrogen-bond acceptors (Lipinski definition) is 6. The number of carbonyl (C=O) groups is 1. The van der Waals surface area contributed by atoms with Crippen molar-refractivity contribution in [2.45, 2.75) is 12.6 Å². The van der Waals surface area contributed by atoms with Crippen molar-refractivity contribution >= 4 is 39.8 Å². The van der Waals surface area contributed by atoms with Gasteiger partial charge in [0, 0.05) is 0 Å². The first-order valence-corrected chi connectivity index (χ1v) is 11.2. The van der Waals surface area contributed by atoms with Gasteiger partial charge in [0.15, 0.2) is 0 Å². The first kappa shape index (κ1) is 25.9. The quantitative estimate of drug-likeness (QED) is 0.328. The monoisotopic (exact) mass is 524 g/mol. The molecule has 0 aliphatic rings. The molecule has 0 spiro atoms. The molecule has 7 nitrogen and oxygen atoms in total. The van der Waals surface area contributed by atoms with E-state index in [1.165, 1.54) is 43.5 Å². The molecule has 0 heterocycles. The number of thiol groups is 1. The van der Waals surface area contributed by atoms with Crippen molar-refractivity contribution in [1.82, 2.24) is 0 Å². The predicted octanol–water partition coefficient (Wildman–Crippen LogP) is 5.40. The fraction of sp³-hybridized carbons (Fsp3) is 0.130. The fourth-order valence-corrected chi connectivity index (χ4v) is 3.93. The van der Waals surface area contributed by atoms with Crippen LogP contribution < -0.4 is 9.04 Å². The molecule has 0 atom stereocenters. The Labute approximate surface area is 205 Å². The largest absolute Gasteiger partial charge is 0.469 e. The molecule has 0 saturated heterocycles. The lowest BCUT2D eigenvalue weighted by Gasteiger charge is -2.19. The van der Waals surface area contributed by atoms with Crippen LogP contribution in [0.4, 0.5) is 24.5 Å². The highest BCUT2D eigenvalue weighted by Gasteiger charge is 2.33. The summed E-state index contributed by atoms with van der Waals surface area (Å²) in [5, 5.41) is 9.03. The molecule has 0 bridgehead atoms. The van der Waals surface area contributed by atoms with Crippen molar-refractivity contribution in [2.75, 3.05) is 11.4 Å². The summed E-state index contributed by atoms with van der Waals surface area (Å²) in [7, 11) is -1.94. The summed E-state index contributed by atoms with van der Waals surface area (Å²) in [5.41, 5.74) is -0.283. The summed E-state index contributed by atoms with van der Waals surface area (Å²) in [6.07, 6.45) is -4.70. The summed E-state index contributed by atoms with van der Waals surface area (Å²) in [5.74, 6) is -0.748. The number of methoxy groups -OCH3 is 1. The summed E-state index contributed by atoms with van der Waals surface area (Å²) in [6, 6.07) is 14.7. The van der Waals surface area contributed by atoms with Gasteiger partial charge < -0.3 is 9.47 Å². The molecule has 0 aromatic heterocycles. The highest BCUT2D eigenvalue weighted by molar-refractivity contribution is 7.74. The van der Waals surface area contributed by atoms with E-state index in [9.17, 15) is 31.6 Å². The lowest BCUT2D eigenvalue weighted by atomic mass is 10.1. The lowest BCUT2D eigenvalue weighted by molar-refractivity contribution is -0.140. The number of alkyl halides is 3. The number of nitriles is 1. The summed E-state index contributed by atoms with van der Waals surface area (Å²) < 4.78 is 74.4. The molecular formula is C23H16ClF3N2O5S. The van der Waals surface area contributed by atoms with Crippen molar-refractivity contribution in [3.63, 3.8) is 0 Å². The van der Waals surface area contributed by atoms with Gasteiger partial charge in [0.1, 0.15) is 17.6 Å². The molecule has 3 rings (SSSR count). The second kappa shape index (κ2) is 10.7. The molecule has 0 aliphatic heterocycles. The number of rotatable bonds is 7. The van der Waals surface area contributed by atoms with E-state index < -0.39 is 33.6 Å². The number of anilines is 2. The second-order valence-corrected chi connectivity index (χ2v) is 8.29. The molecule has 0 N–H and O–H groups in total. The Kier molecular flexibility index (Phi) is 7.89. The zero-order chi connectivity index (χ0) is 25.8. The first-order chi connectivity index (χ1) is 16.5. The van der Waals surface area contributed by atoms with Gasteiger partial charge in [-0.15, -0.1) is 0 Å². The molecule has 0 radical (unpaired) electrons. The van der Waals surface area contributed by atoms with Crippen LogP contribution in [-0.2, 0) is 33.0 Å². The smallest absolute Gasteiger partial charge is 0.417 e. The summed E-state index contributed by atoms with van der Waals surface area (Å²) in [4.78, 5) is 11.4. The van der Waals surface area contributed by atoms with Gasteiger partial charge in [-0.3, -0.25) is 4.79 Å². The van der Waals surface area contributed by atoms with Gasteiger partial charge in [0.05, 0.1) is 41.1 Å². The highest BCUT2D eigenvalue weighted by atomic mass is 35.5. The number of ether oxygens (including phenoxy) is 2. The lowest BCUT2D eigenvalue weighted by Crippen LogP contribution is -2.15. The van der Waals surface area contributed by atoms with Crippen LogP contribution >= 0.6 is 11.6 Å². The molecule has 12 heteroatoms. The number of halogens is 4. The molecule has 0 saturated carbocycles. The normalized spacial score (nSPS) is 11.1. The maximum Gasteiger partial charge on any atom is 0.417 e. The SMILES string of the molecule is COC(=O)Cc1ccc(N(c2ccc(Oc3ccc(Cl)c(C(F)(F)F)c3)c(C#N)c2)[SH](=O)=O)cc1. The maximum absolute atomic E-state index is 13.1. The predicted molar refractivity (Wildman–Crippen MR) is 122 cm³/mol. The first-order valence-electron chi connectivity index (χ1n) is 9.72. The maximum atomic E-state index is 13.1. The molecule has 35 heavy (non-hydrogen) atoms. The van der Waals surface area contributed by atoms with E-state index in [0.717, 1.165) is 10.4 Å². The molecule has 3 aromatic rings. The van der Waals surface area contributed by atoms with Crippen LogP contribution in [0.2, 0.25) is 5.02 Å². The van der Waals surface area contributed by atoms with Crippen LogP contribution in [-0.4, -0.2) is 21.5 Å². The fourth-order valence-electron chi connectivity index (χ4n) is 3.07. The third-order valence-electron chi connectivity index (χ3n) is 4.72. The van der Waals surface area contributed by atoms with Gasteiger partial charge in [-0.05, 0) is 54.1 Å². The van der Waals surface area contributed by atoms with Crippen LogP contribution in [0.1, 0.15) is 16.7 Å². The van der Waals surface area contributed by atoms with Gasteiger partial charge >= 0.3 is 12.1 Å². The van der Waals surface area contributed by atoms with Crippen LogP contribution in [0.5, 0.6) is 11.5 Å². The Morgan fingerprint density at radius 2 is 1.71 bits per heavy atom. The van der Waals surface area contributed by atoms with Gasteiger partial charge in [-0.1, -0.05) is 23.7 Å². The minimum absolute atomic E-state index is 0.00561. The number of benzene rings is 3. The average molecular weight is 525 g/mol. The molecular weight excluding hydrogens is 509 g/mol.